The maximum atomic E-state index is 11.8. The summed E-state index contributed by atoms with van der Waals surface area (Å²) in [6, 6.07) is 4.07. The third kappa shape index (κ3) is 5.19. The molecule has 0 spiro atoms. The van der Waals surface area contributed by atoms with E-state index in [0.29, 0.717) is 31.1 Å². The highest BCUT2D eigenvalue weighted by Gasteiger charge is 2.10. The van der Waals surface area contributed by atoms with Crippen LogP contribution in [-0.4, -0.2) is 28.3 Å². The maximum Gasteiger partial charge on any atom is 0.227 e. The van der Waals surface area contributed by atoms with Crippen LogP contribution in [0, 0.1) is 0 Å². The summed E-state index contributed by atoms with van der Waals surface area (Å²) in [7, 11) is 0. The molecule has 8 heteroatoms. The van der Waals surface area contributed by atoms with E-state index in [9.17, 15) is 4.79 Å². The largest absolute Gasteiger partial charge is 0.355 e. The number of hydrogen-bond donors (Lipinski definition) is 1. The van der Waals surface area contributed by atoms with Gasteiger partial charge in [-0.25, -0.2) is 0 Å². The molecule has 3 rings (SSSR count). The number of aryl methyl sites for hydroxylation is 1. The van der Waals surface area contributed by atoms with Crippen molar-refractivity contribution >= 4 is 40.3 Å². The van der Waals surface area contributed by atoms with Crippen LogP contribution in [0.3, 0.4) is 0 Å². The summed E-state index contributed by atoms with van der Waals surface area (Å²) in [5, 5.41) is 15.0. The van der Waals surface area contributed by atoms with Crippen molar-refractivity contribution in [3.05, 3.63) is 45.1 Å². The van der Waals surface area contributed by atoms with Crippen molar-refractivity contribution in [1.82, 2.24) is 15.5 Å². The van der Waals surface area contributed by atoms with Crippen molar-refractivity contribution in [2.75, 3.05) is 12.3 Å². The number of nitrogens with zero attached hydrogens (tertiary/aromatic N) is 2. The van der Waals surface area contributed by atoms with E-state index in [1.54, 1.807) is 22.7 Å². The Bertz CT molecular complexity index is 739. The Balaban J connectivity index is 1.31. The van der Waals surface area contributed by atoms with Crippen molar-refractivity contribution in [3.8, 4) is 11.4 Å². The second-order valence-corrected chi connectivity index (χ2v) is 7.72. The molecule has 0 saturated heterocycles. The Morgan fingerprint density at radius 3 is 2.92 bits per heavy atom. The van der Waals surface area contributed by atoms with E-state index in [1.165, 1.54) is 5.56 Å². The number of rotatable bonds is 9. The van der Waals surface area contributed by atoms with Gasteiger partial charge in [-0.15, -0.1) is 0 Å². The molecule has 0 aliphatic carbocycles. The fourth-order valence-electron chi connectivity index (χ4n) is 2.00. The average Bonchev–Trinajstić information content (AvgIpc) is 3.33. The van der Waals surface area contributed by atoms with Crippen molar-refractivity contribution in [2.24, 2.45) is 0 Å². The number of thioether (sulfide) groups is 1. The van der Waals surface area contributed by atoms with Gasteiger partial charge in [-0.2, -0.15) is 39.4 Å². The highest BCUT2D eigenvalue weighted by molar-refractivity contribution is 7.98. The summed E-state index contributed by atoms with van der Waals surface area (Å²) >= 11 is 5.12. The zero-order valence-corrected chi connectivity index (χ0v) is 15.4. The van der Waals surface area contributed by atoms with Crippen LogP contribution in [0.15, 0.2) is 38.2 Å². The number of amides is 1. The van der Waals surface area contributed by atoms with Crippen LogP contribution in [-0.2, 0) is 17.0 Å². The zero-order valence-electron chi connectivity index (χ0n) is 12.9. The topological polar surface area (TPSA) is 68.0 Å². The van der Waals surface area contributed by atoms with Crippen molar-refractivity contribution < 1.29 is 9.32 Å². The lowest BCUT2D eigenvalue weighted by Gasteiger charge is -2.03. The molecule has 0 aliphatic heterocycles. The molecule has 0 bridgehead atoms. The molecule has 3 aromatic heterocycles. The van der Waals surface area contributed by atoms with Gasteiger partial charge in [0.05, 0.1) is 0 Å². The molecule has 3 heterocycles. The lowest BCUT2D eigenvalue weighted by atomic mass is 10.3. The fourth-order valence-corrected chi connectivity index (χ4v) is 4.22. The molecule has 1 N–H and O–H groups in total. The molecule has 0 fully saturated rings. The number of aromatic nitrogens is 2. The minimum absolute atomic E-state index is 0.0152. The smallest absolute Gasteiger partial charge is 0.227 e. The first-order chi connectivity index (χ1) is 11.8. The summed E-state index contributed by atoms with van der Waals surface area (Å²) in [5.41, 5.74) is 2.29. The van der Waals surface area contributed by atoms with E-state index in [-0.39, 0.29) is 5.91 Å². The van der Waals surface area contributed by atoms with Crippen molar-refractivity contribution in [1.29, 1.82) is 0 Å². The van der Waals surface area contributed by atoms with Gasteiger partial charge in [0.1, 0.15) is 0 Å². The first-order valence-electron chi connectivity index (χ1n) is 7.52. The summed E-state index contributed by atoms with van der Waals surface area (Å²) in [5.74, 6) is 2.99. The minimum atomic E-state index is 0.0152. The van der Waals surface area contributed by atoms with Crippen molar-refractivity contribution in [3.63, 3.8) is 0 Å². The Kier molecular flexibility index (Phi) is 6.45. The van der Waals surface area contributed by atoms with Gasteiger partial charge in [0.2, 0.25) is 17.6 Å². The van der Waals surface area contributed by atoms with E-state index in [2.05, 4.69) is 32.3 Å². The van der Waals surface area contributed by atoms with Gasteiger partial charge < -0.3 is 9.84 Å². The molecular formula is C16H17N3O2S3. The number of hydrogen-bond acceptors (Lipinski definition) is 7. The summed E-state index contributed by atoms with van der Waals surface area (Å²) in [6.45, 7) is 0.678. The zero-order chi connectivity index (χ0) is 16.6. The van der Waals surface area contributed by atoms with E-state index >= 15 is 0 Å². The van der Waals surface area contributed by atoms with Gasteiger partial charge in [-0.05, 0) is 33.8 Å². The number of thiophene rings is 2. The Labute approximate surface area is 152 Å². The van der Waals surface area contributed by atoms with Crippen LogP contribution in [0.5, 0.6) is 0 Å². The maximum absolute atomic E-state index is 11.8. The minimum Gasteiger partial charge on any atom is -0.355 e. The highest BCUT2D eigenvalue weighted by atomic mass is 32.2. The molecule has 0 unspecified atom stereocenters. The lowest BCUT2D eigenvalue weighted by Crippen LogP contribution is -2.25. The number of carbonyl (C=O) groups is 1. The van der Waals surface area contributed by atoms with Gasteiger partial charge in [-0.3, -0.25) is 4.79 Å². The second-order valence-electron chi connectivity index (χ2n) is 5.06. The summed E-state index contributed by atoms with van der Waals surface area (Å²) in [4.78, 5) is 16.1. The van der Waals surface area contributed by atoms with Crippen LogP contribution in [0.4, 0.5) is 0 Å². The molecule has 24 heavy (non-hydrogen) atoms. The quantitative estimate of drug-likeness (QED) is 0.572. The fraction of sp³-hybridized carbons (Fsp3) is 0.312. The van der Waals surface area contributed by atoms with Crippen LogP contribution < -0.4 is 5.32 Å². The molecule has 126 valence electrons. The Morgan fingerprint density at radius 1 is 1.25 bits per heavy atom. The SMILES string of the molecule is O=C(CCc1nc(-c2ccsc2)no1)NCCSCc1ccsc1. The molecule has 0 aromatic carbocycles. The third-order valence-corrected chi connectivity index (χ3v) is 5.68. The van der Waals surface area contributed by atoms with Gasteiger partial charge in [0, 0.05) is 41.8 Å². The predicted molar refractivity (Wildman–Crippen MR) is 99.4 cm³/mol. The normalized spacial score (nSPS) is 10.8. The first-order valence-corrected chi connectivity index (χ1v) is 10.6. The predicted octanol–water partition coefficient (Wildman–Crippen LogP) is 3.84. The summed E-state index contributed by atoms with van der Waals surface area (Å²) < 4.78 is 5.18. The van der Waals surface area contributed by atoms with E-state index < -0.39 is 0 Å². The third-order valence-electron chi connectivity index (χ3n) is 3.23. The molecule has 0 saturated carbocycles. The molecule has 1 amide bonds. The van der Waals surface area contributed by atoms with E-state index in [1.807, 2.05) is 28.6 Å². The van der Waals surface area contributed by atoms with Crippen molar-refractivity contribution in [2.45, 2.75) is 18.6 Å². The highest BCUT2D eigenvalue weighted by Crippen LogP contribution is 2.19. The number of carbonyl (C=O) groups excluding carboxylic acids is 1. The molecule has 5 nitrogen and oxygen atoms in total. The van der Waals surface area contributed by atoms with Crippen LogP contribution in [0.2, 0.25) is 0 Å². The number of nitrogens with one attached hydrogen (secondary N) is 1. The van der Waals surface area contributed by atoms with Crippen LogP contribution >= 0.6 is 34.4 Å². The second kappa shape index (κ2) is 9.00. The molecule has 0 aliphatic rings. The molecular weight excluding hydrogens is 362 g/mol. The standard InChI is InChI=1S/C16H17N3O2S3/c20-14(17-5-8-24-10-12-3-6-22-9-12)1-2-15-18-16(19-21-15)13-4-7-23-11-13/h3-4,6-7,9,11H,1-2,5,8,10H2,(H,17,20). The Morgan fingerprint density at radius 2 is 2.12 bits per heavy atom. The molecule has 0 atom stereocenters. The molecule has 0 radical (unpaired) electrons. The van der Waals surface area contributed by atoms with Gasteiger partial charge in [-0.1, -0.05) is 5.16 Å². The monoisotopic (exact) mass is 379 g/mol. The molecule has 3 aromatic rings. The van der Waals surface area contributed by atoms with Gasteiger partial charge >= 0.3 is 0 Å². The van der Waals surface area contributed by atoms with E-state index in [0.717, 1.165) is 17.1 Å². The van der Waals surface area contributed by atoms with Crippen LogP contribution in [0.1, 0.15) is 17.9 Å². The van der Waals surface area contributed by atoms with Crippen LogP contribution in [0.25, 0.3) is 11.4 Å². The Hall–Kier alpha value is -1.64. The summed E-state index contributed by atoms with van der Waals surface area (Å²) in [6.07, 6.45) is 0.825. The van der Waals surface area contributed by atoms with Gasteiger partial charge in [0.15, 0.2) is 0 Å². The van der Waals surface area contributed by atoms with E-state index in [4.69, 9.17) is 4.52 Å². The average molecular weight is 380 g/mol. The van der Waals surface area contributed by atoms with Gasteiger partial charge in [0.25, 0.3) is 0 Å². The first kappa shape index (κ1) is 17.2. The lowest BCUT2D eigenvalue weighted by molar-refractivity contribution is -0.121.